The molecule has 0 fully saturated rings. The van der Waals surface area contributed by atoms with Gasteiger partial charge in [-0.1, -0.05) is 56.3 Å². The summed E-state index contributed by atoms with van der Waals surface area (Å²) in [5.41, 5.74) is 2.50. The third-order valence-electron chi connectivity index (χ3n) is 2.87. The zero-order valence-electron chi connectivity index (χ0n) is 11.7. The summed E-state index contributed by atoms with van der Waals surface area (Å²) in [6, 6.07) is 15.1. The maximum Gasteiger partial charge on any atom is 0.0897 e. The van der Waals surface area contributed by atoms with Crippen LogP contribution in [0, 0.1) is 6.92 Å². The molecule has 0 spiro atoms. The first kappa shape index (κ1) is 13.8. The zero-order chi connectivity index (χ0) is 13.7. The van der Waals surface area contributed by atoms with Gasteiger partial charge in [0.25, 0.3) is 0 Å². The van der Waals surface area contributed by atoms with Crippen LogP contribution in [0.15, 0.2) is 47.8 Å². The van der Waals surface area contributed by atoms with Crippen LogP contribution in [-0.4, -0.2) is 4.98 Å². The number of thiazole rings is 1. The highest BCUT2D eigenvalue weighted by Crippen LogP contribution is 2.18. The van der Waals surface area contributed by atoms with Crippen LogP contribution >= 0.6 is 11.3 Å². The standard InChI is InChI=1S/C15H13NS.C2H6/c1-11-16-15(10-17-11)9-12-6-7-13-4-2-3-5-14(13)8-12;1-2/h2-8,10H,9H2,1H3;1-2H3. The SMILES string of the molecule is CC.Cc1nc(Cc2ccc3ccccc3c2)cs1. The Balaban J connectivity index is 0.000000637. The van der Waals surface area contributed by atoms with Crippen LogP contribution in [0.4, 0.5) is 0 Å². The number of hydrogen-bond donors (Lipinski definition) is 0. The fourth-order valence-electron chi connectivity index (χ4n) is 2.05. The van der Waals surface area contributed by atoms with E-state index in [9.17, 15) is 0 Å². The van der Waals surface area contributed by atoms with Crippen molar-refractivity contribution in [2.45, 2.75) is 27.2 Å². The van der Waals surface area contributed by atoms with Crippen molar-refractivity contribution in [3.8, 4) is 0 Å². The summed E-state index contributed by atoms with van der Waals surface area (Å²) in [7, 11) is 0. The smallest absolute Gasteiger partial charge is 0.0897 e. The van der Waals surface area contributed by atoms with Crippen LogP contribution in [-0.2, 0) is 6.42 Å². The monoisotopic (exact) mass is 269 g/mol. The molecule has 0 N–H and O–H groups in total. The minimum atomic E-state index is 0.926. The molecule has 3 aromatic rings. The van der Waals surface area contributed by atoms with Gasteiger partial charge in [0.15, 0.2) is 0 Å². The largest absolute Gasteiger partial charge is 0.246 e. The summed E-state index contributed by atoms with van der Waals surface area (Å²) in [6.45, 7) is 6.05. The normalized spacial score (nSPS) is 10.1. The lowest BCUT2D eigenvalue weighted by molar-refractivity contribution is 1.09. The molecule has 0 saturated carbocycles. The van der Waals surface area contributed by atoms with Crippen molar-refractivity contribution in [1.82, 2.24) is 4.98 Å². The molecule has 2 heteroatoms. The number of aromatic nitrogens is 1. The molecule has 0 aliphatic carbocycles. The Morgan fingerprint density at radius 1 is 1.00 bits per heavy atom. The Morgan fingerprint density at radius 2 is 1.74 bits per heavy atom. The lowest BCUT2D eigenvalue weighted by Crippen LogP contribution is -1.88. The topological polar surface area (TPSA) is 12.9 Å². The fourth-order valence-corrected chi connectivity index (χ4v) is 2.66. The van der Waals surface area contributed by atoms with Gasteiger partial charge in [0.05, 0.1) is 10.7 Å². The van der Waals surface area contributed by atoms with Gasteiger partial charge in [0.2, 0.25) is 0 Å². The summed E-state index contributed by atoms with van der Waals surface area (Å²) in [5.74, 6) is 0. The minimum absolute atomic E-state index is 0.926. The van der Waals surface area contributed by atoms with Crippen molar-refractivity contribution in [1.29, 1.82) is 0 Å². The molecule has 1 nitrogen and oxygen atoms in total. The van der Waals surface area contributed by atoms with E-state index in [1.807, 2.05) is 13.8 Å². The third kappa shape index (κ3) is 3.42. The van der Waals surface area contributed by atoms with E-state index in [2.05, 4.69) is 59.8 Å². The lowest BCUT2D eigenvalue weighted by Gasteiger charge is -2.01. The van der Waals surface area contributed by atoms with Crippen LogP contribution in [0.2, 0.25) is 0 Å². The van der Waals surface area contributed by atoms with E-state index in [1.54, 1.807) is 11.3 Å². The number of fused-ring (bicyclic) bond motifs is 1. The predicted octanol–water partition coefficient (Wildman–Crippen LogP) is 5.22. The van der Waals surface area contributed by atoms with Crippen molar-refractivity contribution in [2.75, 3.05) is 0 Å². The summed E-state index contributed by atoms with van der Waals surface area (Å²) >= 11 is 1.72. The molecule has 0 aliphatic rings. The molecule has 0 aliphatic heterocycles. The van der Waals surface area contributed by atoms with Gasteiger partial charge in [-0.3, -0.25) is 0 Å². The quantitative estimate of drug-likeness (QED) is 0.621. The molecule has 1 heterocycles. The van der Waals surface area contributed by atoms with E-state index in [4.69, 9.17) is 0 Å². The molecule has 0 unspecified atom stereocenters. The van der Waals surface area contributed by atoms with Crippen molar-refractivity contribution in [2.24, 2.45) is 0 Å². The maximum atomic E-state index is 4.50. The summed E-state index contributed by atoms with van der Waals surface area (Å²) in [5, 5.41) is 5.88. The first-order valence-electron chi connectivity index (χ1n) is 6.70. The van der Waals surface area contributed by atoms with Crippen LogP contribution in [0.25, 0.3) is 10.8 Å². The highest BCUT2D eigenvalue weighted by atomic mass is 32.1. The fraction of sp³-hybridized carbons (Fsp3) is 0.235. The zero-order valence-corrected chi connectivity index (χ0v) is 12.5. The van der Waals surface area contributed by atoms with Gasteiger partial charge < -0.3 is 0 Å². The van der Waals surface area contributed by atoms with E-state index in [0.717, 1.165) is 11.4 Å². The lowest BCUT2D eigenvalue weighted by atomic mass is 10.0. The van der Waals surface area contributed by atoms with Crippen LogP contribution in [0.1, 0.15) is 30.1 Å². The summed E-state index contributed by atoms with van der Waals surface area (Å²) in [4.78, 5) is 4.50. The highest BCUT2D eigenvalue weighted by molar-refractivity contribution is 7.09. The molecular formula is C17H19NS. The van der Waals surface area contributed by atoms with Crippen molar-refractivity contribution >= 4 is 22.1 Å². The van der Waals surface area contributed by atoms with E-state index < -0.39 is 0 Å². The molecule has 98 valence electrons. The summed E-state index contributed by atoms with van der Waals surface area (Å²) < 4.78 is 0. The third-order valence-corrected chi connectivity index (χ3v) is 3.69. The van der Waals surface area contributed by atoms with Gasteiger partial charge in [-0.2, -0.15) is 0 Å². The second-order valence-electron chi connectivity index (χ2n) is 4.22. The molecule has 19 heavy (non-hydrogen) atoms. The Bertz CT molecular complexity index is 655. The first-order chi connectivity index (χ1) is 9.31. The van der Waals surface area contributed by atoms with Gasteiger partial charge in [-0.25, -0.2) is 4.98 Å². The molecule has 0 bridgehead atoms. The number of benzene rings is 2. The van der Waals surface area contributed by atoms with Gasteiger partial charge in [-0.15, -0.1) is 11.3 Å². The maximum absolute atomic E-state index is 4.50. The van der Waals surface area contributed by atoms with Gasteiger partial charge in [0.1, 0.15) is 0 Å². The number of hydrogen-bond acceptors (Lipinski definition) is 2. The Hall–Kier alpha value is -1.67. The molecule has 0 radical (unpaired) electrons. The van der Waals surface area contributed by atoms with E-state index in [1.165, 1.54) is 22.0 Å². The molecule has 0 saturated heterocycles. The van der Waals surface area contributed by atoms with E-state index >= 15 is 0 Å². The van der Waals surface area contributed by atoms with Crippen LogP contribution in [0.5, 0.6) is 0 Å². The minimum Gasteiger partial charge on any atom is -0.246 e. The highest BCUT2D eigenvalue weighted by Gasteiger charge is 2.01. The molecule has 3 rings (SSSR count). The van der Waals surface area contributed by atoms with Crippen molar-refractivity contribution in [3.05, 3.63) is 64.1 Å². The van der Waals surface area contributed by atoms with Gasteiger partial charge in [0, 0.05) is 11.8 Å². The van der Waals surface area contributed by atoms with Gasteiger partial charge >= 0.3 is 0 Å². The average Bonchev–Trinajstić information content (AvgIpc) is 2.86. The predicted molar refractivity (Wildman–Crippen MR) is 85.0 cm³/mol. The van der Waals surface area contributed by atoms with E-state index in [-0.39, 0.29) is 0 Å². The van der Waals surface area contributed by atoms with E-state index in [0.29, 0.717) is 0 Å². The van der Waals surface area contributed by atoms with Crippen molar-refractivity contribution in [3.63, 3.8) is 0 Å². The molecule has 0 amide bonds. The Kier molecular flexibility index (Phi) is 4.69. The van der Waals surface area contributed by atoms with Gasteiger partial charge in [-0.05, 0) is 23.3 Å². The first-order valence-corrected chi connectivity index (χ1v) is 7.58. The van der Waals surface area contributed by atoms with Crippen LogP contribution in [0.3, 0.4) is 0 Å². The second-order valence-corrected chi connectivity index (χ2v) is 5.28. The Labute approximate surface area is 118 Å². The number of rotatable bonds is 2. The molecule has 0 atom stereocenters. The van der Waals surface area contributed by atoms with Crippen molar-refractivity contribution < 1.29 is 0 Å². The molecule has 1 aromatic heterocycles. The Morgan fingerprint density at radius 3 is 2.42 bits per heavy atom. The number of aryl methyl sites for hydroxylation is 1. The second kappa shape index (κ2) is 6.48. The number of nitrogens with zero attached hydrogens (tertiary/aromatic N) is 1. The molecular weight excluding hydrogens is 250 g/mol. The molecule has 2 aromatic carbocycles. The summed E-state index contributed by atoms with van der Waals surface area (Å²) in [6.07, 6.45) is 0.926. The van der Waals surface area contributed by atoms with Crippen LogP contribution < -0.4 is 0 Å². The average molecular weight is 269 g/mol.